The number of hydrogen-bond acceptors (Lipinski definition) is 3. The van der Waals surface area contributed by atoms with E-state index in [-0.39, 0.29) is 52.6 Å². The maximum atomic E-state index is 12.2. The number of halogens is 8. The molecule has 3 nitrogen and oxygen atoms in total. The van der Waals surface area contributed by atoms with Gasteiger partial charge in [0.25, 0.3) is 0 Å². The molecule has 1 atom stereocenters. The zero-order valence-corrected chi connectivity index (χ0v) is 18.2. The average Bonchev–Trinajstić information content (AvgIpc) is 2.56. The van der Waals surface area contributed by atoms with E-state index in [9.17, 15) is 13.2 Å². The molecule has 0 spiro atoms. The fraction of sp³-hybridized carbons (Fsp3) is 0.412. The molecule has 1 unspecified atom stereocenters. The summed E-state index contributed by atoms with van der Waals surface area (Å²) in [5.74, 6) is 0.517. The van der Waals surface area contributed by atoms with Gasteiger partial charge in [0.2, 0.25) is 0 Å². The van der Waals surface area contributed by atoms with Crippen LogP contribution in [-0.4, -0.2) is 32.6 Å². The van der Waals surface area contributed by atoms with Crippen LogP contribution in [0, 0.1) is 5.92 Å². The first-order valence-corrected chi connectivity index (χ1v) is 9.66. The molecular formula is C17H16Cl5F3O3. The molecular weight excluding hydrogens is 486 g/mol. The van der Waals surface area contributed by atoms with Gasteiger partial charge in [0.1, 0.15) is 21.9 Å². The Morgan fingerprint density at radius 3 is 2.14 bits per heavy atom. The second kappa shape index (κ2) is 12.3. The average molecular weight is 503 g/mol. The van der Waals surface area contributed by atoms with Crippen LogP contribution in [0.3, 0.4) is 0 Å². The number of hydrogen-bond donors (Lipinski definition) is 0. The Morgan fingerprint density at radius 2 is 1.61 bits per heavy atom. The normalized spacial score (nSPS) is 13.2. The number of alkyl halides is 3. The second-order valence-corrected chi connectivity index (χ2v) is 7.75. The topological polar surface area (TPSA) is 27.7 Å². The van der Waals surface area contributed by atoms with Crippen molar-refractivity contribution in [1.29, 1.82) is 0 Å². The van der Waals surface area contributed by atoms with Crippen molar-refractivity contribution in [2.45, 2.75) is 13.1 Å². The first-order chi connectivity index (χ1) is 13.0. The molecule has 28 heavy (non-hydrogen) atoms. The molecule has 0 amide bonds. The molecule has 0 fully saturated rings. The summed E-state index contributed by atoms with van der Waals surface area (Å²) < 4.78 is 52.9. The van der Waals surface area contributed by atoms with Crippen LogP contribution in [0.2, 0.25) is 10.0 Å². The first-order valence-electron chi connectivity index (χ1n) is 7.77. The number of ether oxygens (including phenoxy) is 3. The van der Waals surface area contributed by atoms with Gasteiger partial charge in [-0.15, -0.1) is 0 Å². The lowest BCUT2D eigenvalue weighted by atomic mass is 10.2. The van der Waals surface area contributed by atoms with Crippen molar-refractivity contribution in [1.82, 2.24) is 0 Å². The molecule has 1 rings (SSSR count). The lowest BCUT2D eigenvalue weighted by Crippen LogP contribution is -2.16. The van der Waals surface area contributed by atoms with Gasteiger partial charge in [0.05, 0.1) is 29.9 Å². The lowest BCUT2D eigenvalue weighted by molar-refractivity contribution is -0.0851. The largest absolute Gasteiger partial charge is 0.490 e. The predicted octanol–water partition coefficient (Wildman–Crippen LogP) is 7.41. The van der Waals surface area contributed by atoms with E-state index in [1.807, 2.05) is 0 Å². The van der Waals surface area contributed by atoms with Crippen LogP contribution in [0.4, 0.5) is 13.2 Å². The summed E-state index contributed by atoms with van der Waals surface area (Å²) in [6.45, 7) is 1.99. The Kier molecular flexibility index (Phi) is 11.2. The van der Waals surface area contributed by atoms with Crippen molar-refractivity contribution in [3.63, 3.8) is 0 Å². The summed E-state index contributed by atoms with van der Waals surface area (Å²) >= 11 is 28.4. The van der Waals surface area contributed by atoms with Gasteiger partial charge in [-0.25, -0.2) is 0 Å². The summed E-state index contributed by atoms with van der Waals surface area (Å²) in [7, 11) is 0. The minimum absolute atomic E-state index is 0.0736. The molecule has 0 radical (unpaired) electrons. The van der Waals surface area contributed by atoms with E-state index in [2.05, 4.69) is 0 Å². The van der Waals surface area contributed by atoms with E-state index >= 15 is 0 Å². The molecule has 0 aromatic heterocycles. The maximum Gasteiger partial charge on any atom is 0.426 e. The molecule has 11 heteroatoms. The second-order valence-electron chi connectivity index (χ2n) is 5.52. The Labute approximate surface area is 185 Å². The minimum atomic E-state index is -4.57. The van der Waals surface area contributed by atoms with Crippen molar-refractivity contribution < 1.29 is 27.4 Å². The molecule has 0 saturated carbocycles. The van der Waals surface area contributed by atoms with Gasteiger partial charge < -0.3 is 14.2 Å². The standard InChI is InChI=1S/C17H16Cl5F3O3/c1-10(8-26-4-2-14(20)17(23,24)25)9-28-16-12(18)6-11(7-13(16)19)27-5-3-15(21)22/h2-3,6-7,10H,4-5,8-9H2,1H3. The minimum Gasteiger partial charge on any atom is -0.490 e. The van der Waals surface area contributed by atoms with Crippen LogP contribution in [0.15, 0.2) is 33.8 Å². The van der Waals surface area contributed by atoms with Gasteiger partial charge in [-0.3, -0.25) is 0 Å². The van der Waals surface area contributed by atoms with E-state index in [4.69, 9.17) is 72.2 Å². The molecule has 0 N–H and O–H groups in total. The van der Waals surface area contributed by atoms with Gasteiger partial charge in [-0.2, -0.15) is 13.2 Å². The zero-order chi connectivity index (χ0) is 21.3. The van der Waals surface area contributed by atoms with Gasteiger partial charge >= 0.3 is 6.18 Å². The molecule has 0 aliphatic rings. The highest BCUT2D eigenvalue weighted by Gasteiger charge is 2.31. The molecule has 1 aromatic rings. The van der Waals surface area contributed by atoms with Crippen molar-refractivity contribution in [2.24, 2.45) is 5.92 Å². The highest BCUT2D eigenvalue weighted by Crippen LogP contribution is 2.37. The third-order valence-electron chi connectivity index (χ3n) is 3.03. The smallest absolute Gasteiger partial charge is 0.426 e. The van der Waals surface area contributed by atoms with Gasteiger partial charge in [0.15, 0.2) is 5.75 Å². The first kappa shape index (κ1) is 25.5. The Hall–Kier alpha value is -0.500. The molecule has 158 valence electrons. The van der Waals surface area contributed by atoms with Gasteiger partial charge in [0, 0.05) is 18.1 Å². The molecule has 0 aliphatic heterocycles. The van der Waals surface area contributed by atoms with Crippen LogP contribution in [0.25, 0.3) is 0 Å². The SMILES string of the molecule is CC(COCC=C(Cl)C(F)(F)F)COc1c(Cl)cc(OCC=C(Cl)Cl)cc1Cl. The monoisotopic (exact) mass is 500 g/mol. The summed E-state index contributed by atoms with van der Waals surface area (Å²) in [6.07, 6.45) is -2.36. The van der Waals surface area contributed by atoms with Crippen LogP contribution >= 0.6 is 58.0 Å². The van der Waals surface area contributed by atoms with Crippen LogP contribution in [0.5, 0.6) is 11.5 Å². The molecule has 1 aromatic carbocycles. The zero-order valence-electron chi connectivity index (χ0n) is 14.5. The molecule has 0 saturated heterocycles. The predicted molar refractivity (Wildman–Crippen MR) is 107 cm³/mol. The van der Waals surface area contributed by atoms with E-state index in [0.29, 0.717) is 5.75 Å². The highest BCUT2D eigenvalue weighted by atomic mass is 35.5. The Balaban J connectivity index is 2.50. The highest BCUT2D eigenvalue weighted by molar-refractivity contribution is 6.55. The quantitative estimate of drug-likeness (QED) is 0.312. The Bertz CT molecular complexity index is 681. The van der Waals surface area contributed by atoms with Crippen LogP contribution in [-0.2, 0) is 4.74 Å². The summed E-state index contributed by atoms with van der Waals surface area (Å²) in [4.78, 5) is 0. The van der Waals surface area contributed by atoms with Gasteiger partial charge in [-0.1, -0.05) is 64.9 Å². The van der Waals surface area contributed by atoms with Crippen molar-refractivity contribution in [2.75, 3.05) is 26.4 Å². The van der Waals surface area contributed by atoms with Crippen LogP contribution < -0.4 is 9.47 Å². The van der Waals surface area contributed by atoms with Crippen molar-refractivity contribution in [3.8, 4) is 11.5 Å². The Morgan fingerprint density at radius 1 is 1.00 bits per heavy atom. The number of allylic oxidation sites excluding steroid dienone is 1. The van der Waals surface area contributed by atoms with E-state index < -0.39 is 11.2 Å². The third kappa shape index (κ3) is 9.81. The third-order valence-corrected chi connectivity index (χ3v) is 4.26. The number of rotatable bonds is 10. The van der Waals surface area contributed by atoms with E-state index in [0.717, 1.165) is 6.08 Å². The lowest BCUT2D eigenvalue weighted by Gasteiger charge is -2.16. The number of benzene rings is 1. The maximum absolute atomic E-state index is 12.2. The summed E-state index contributed by atoms with van der Waals surface area (Å²) in [5, 5.41) is -0.756. The molecule has 0 aliphatic carbocycles. The molecule has 0 bridgehead atoms. The van der Waals surface area contributed by atoms with Crippen LogP contribution in [0.1, 0.15) is 6.92 Å². The fourth-order valence-corrected chi connectivity index (χ4v) is 2.51. The fourth-order valence-electron chi connectivity index (χ4n) is 1.75. The van der Waals surface area contributed by atoms with Gasteiger partial charge in [-0.05, 0) is 12.2 Å². The van der Waals surface area contributed by atoms with Crippen molar-refractivity contribution in [3.05, 3.63) is 43.9 Å². The molecule has 0 heterocycles. The van der Waals surface area contributed by atoms with E-state index in [1.165, 1.54) is 18.2 Å². The van der Waals surface area contributed by atoms with E-state index in [1.54, 1.807) is 6.92 Å². The summed E-state index contributed by atoms with van der Waals surface area (Å²) in [6, 6.07) is 3.04. The summed E-state index contributed by atoms with van der Waals surface area (Å²) in [5.41, 5.74) is 0. The van der Waals surface area contributed by atoms with Crippen molar-refractivity contribution >= 4 is 58.0 Å².